The molecule has 1 saturated heterocycles. The first-order valence-corrected chi connectivity index (χ1v) is 3.34. The van der Waals surface area contributed by atoms with Gasteiger partial charge in [-0.25, -0.2) is 8.78 Å². The molecule has 0 saturated carbocycles. The van der Waals surface area contributed by atoms with Crippen LogP contribution in [0.3, 0.4) is 0 Å². The van der Waals surface area contributed by atoms with E-state index >= 15 is 0 Å². The van der Waals surface area contributed by atoms with Crippen LogP contribution in [0.5, 0.6) is 0 Å². The quantitative estimate of drug-likeness (QED) is 0.584. The molecule has 0 aromatic carbocycles. The molecule has 1 rings (SSSR count). The molecule has 0 aromatic heterocycles. The van der Waals surface area contributed by atoms with Crippen LogP contribution in [0.15, 0.2) is 0 Å². The van der Waals surface area contributed by atoms with Gasteiger partial charge in [-0.3, -0.25) is 4.79 Å². The van der Waals surface area contributed by atoms with Crippen LogP contribution >= 0.6 is 0 Å². The molecule has 1 heterocycles. The van der Waals surface area contributed by atoms with Gasteiger partial charge in [0, 0.05) is 0 Å². The zero-order valence-corrected chi connectivity index (χ0v) is 6.18. The van der Waals surface area contributed by atoms with Crippen LogP contribution in [-0.2, 0) is 4.79 Å². The number of amides is 1. The highest BCUT2D eigenvalue weighted by molar-refractivity contribution is 5.82. The molecule has 11 heavy (non-hydrogen) atoms. The third kappa shape index (κ3) is 1.65. The van der Waals surface area contributed by atoms with E-state index in [1.165, 1.54) is 6.92 Å². The summed E-state index contributed by atoms with van der Waals surface area (Å²) in [5.74, 6) is -3.10. The molecule has 1 amide bonds. The second-order valence-electron chi connectivity index (χ2n) is 2.84. The Labute approximate surface area is 63.2 Å². The van der Waals surface area contributed by atoms with Crippen LogP contribution in [-0.4, -0.2) is 35.9 Å². The summed E-state index contributed by atoms with van der Waals surface area (Å²) in [7, 11) is 0. The van der Waals surface area contributed by atoms with Crippen molar-refractivity contribution in [1.82, 2.24) is 4.90 Å². The van der Waals surface area contributed by atoms with E-state index in [0.29, 0.717) is 0 Å². The number of hydrogen-bond donors (Lipinski definition) is 1. The molecule has 2 N–H and O–H groups in total. The number of rotatable bonds is 1. The maximum absolute atomic E-state index is 12.2. The molecule has 1 aliphatic heterocycles. The fourth-order valence-corrected chi connectivity index (χ4v) is 0.956. The summed E-state index contributed by atoms with van der Waals surface area (Å²) in [6, 6.07) is -0.675. The highest BCUT2D eigenvalue weighted by atomic mass is 19.3. The monoisotopic (exact) mass is 164 g/mol. The van der Waals surface area contributed by atoms with Crippen LogP contribution < -0.4 is 5.73 Å². The molecular weight excluding hydrogens is 154 g/mol. The van der Waals surface area contributed by atoms with E-state index in [1.54, 1.807) is 0 Å². The van der Waals surface area contributed by atoms with Crippen molar-refractivity contribution >= 4 is 5.91 Å². The second-order valence-corrected chi connectivity index (χ2v) is 2.84. The van der Waals surface area contributed by atoms with Gasteiger partial charge in [0.25, 0.3) is 5.92 Å². The van der Waals surface area contributed by atoms with Gasteiger partial charge in [-0.1, -0.05) is 0 Å². The lowest BCUT2D eigenvalue weighted by Gasteiger charge is -2.39. The molecule has 0 radical (unpaired) electrons. The average molecular weight is 164 g/mol. The molecule has 5 heteroatoms. The van der Waals surface area contributed by atoms with E-state index in [0.717, 1.165) is 4.90 Å². The normalized spacial score (nSPS) is 24.2. The summed E-state index contributed by atoms with van der Waals surface area (Å²) in [4.78, 5) is 11.9. The number of hydrogen-bond acceptors (Lipinski definition) is 2. The van der Waals surface area contributed by atoms with E-state index in [-0.39, 0.29) is 0 Å². The standard InChI is InChI=1S/C6H10F2N2O/c1-4(9)5(11)10-2-6(7,8)3-10/h4H,2-3,9H2,1H3/t4-/m0/s1. The first-order chi connectivity index (χ1) is 4.92. The summed E-state index contributed by atoms with van der Waals surface area (Å²) in [5, 5.41) is 0. The van der Waals surface area contributed by atoms with E-state index in [1.807, 2.05) is 0 Å². The summed E-state index contributed by atoms with van der Waals surface area (Å²) in [6.45, 7) is 0.527. The van der Waals surface area contributed by atoms with Crippen LogP contribution in [0.1, 0.15) is 6.92 Å². The third-order valence-corrected chi connectivity index (χ3v) is 1.55. The minimum absolute atomic E-state index is 0.407. The fraction of sp³-hybridized carbons (Fsp3) is 0.833. The number of carbonyl (C=O) groups is 1. The molecule has 0 spiro atoms. The van der Waals surface area contributed by atoms with E-state index in [4.69, 9.17) is 5.73 Å². The lowest BCUT2D eigenvalue weighted by atomic mass is 10.1. The van der Waals surface area contributed by atoms with Gasteiger partial charge in [-0.15, -0.1) is 0 Å². The second kappa shape index (κ2) is 2.41. The highest BCUT2D eigenvalue weighted by Crippen LogP contribution is 2.26. The SMILES string of the molecule is C[C@H](N)C(=O)N1CC(F)(F)C1. The largest absolute Gasteiger partial charge is 0.329 e. The molecule has 1 aliphatic rings. The molecule has 1 fully saturated rings. The number of nitrogens with zero attached hydrogens (tertiary/aromatic N) is 1. The minimum atomic E-state index is -2.69. The highest BCUT2D eigenvalue weighted by Gasteiger charge is 2.46. The first-order valence-electron chi connectivity index (χ1n) is 3.34. The maximum atomic E-state index is 12.2. The van der Waals surface area contributed by atoms with Crippen LogP contribution in [0.4, 0.5) is 8.78 Å². The minimum Gasteiger partial charge on any atom is -0.329 e. The number of likely N-dealkylation sites (tertiary alicyclic amines) is 1. The fourth-order valence-electron chi connectivity index (χ4n) is 0.956. The van der Waals surface area contributed by atoms with Crippen molar-refractivity contribution in [3.63, 3.8) is 0 Å². The molecule has 0 aromatic rings. The van der Waals surface area contributed by atoms with E-state index in [2.05, 4.69) is 0 Å². The Kier molecular flexibility index (Phi) is 1.83. The zero-order valence-electron chi connectivity index (χ0n) is 6.18. The van der Waals surface area contributed by atoms with Crippen molar-refractivity contribution in [3.05, 3.63) is 0 Å². The van der Waals surface area contributed by atoms with Gasteiger partial charge in [0.05, 0.1) is 19.1 Å². The number of alkyl halides is 2. The van der Waals surface area contributed by atoms with Crippen LogP contribution in [0, 0.1) is 0 Å². The molecule has 0 aliphatic carbocycles. The molecule has 3 nitrogen and oxygen atoms in total. The third-order valence-electron chi connectivity index (χ3n) is 1.55. The van der Waals surface area contributed by atoms with Crippen molar-refractivity contribution in [1.29, 1.82) is 0 Å². The van der Waals surface area contributed by atoms with Gasteiger partial charge in [0.2, 0.25) is 5.91 Å². The average Bonchev–Trinajstić information content (AvgIpc) is 1.80. The Morgan fingerprint density at radius 3 is 2.36 bits per heavy atom. The zero-order chi connectivity index (χ0) is 8.65. The van der Waals surface area contributed by atoms with Gasteiger partial charge >= 0.3 is 0 Å². The number of carbonyl (C=O) groups excluding carboxylic acids is 1. The van der Waals surface area contributed by atoms with Crippen molar-refractivity contribution in [2.45, 2.75) is 18.9 Å². The predicted molar refractivity (Wildman–Crippen MR) is 35.2 cm³/mol. The van der Waals surface area contributed by atoms with Crippen LogP contribution in [0.2, 0.25) is 0 Å². The Hall–Kier alpha value is -0.710. The summed E-state index contributed by atoms with van der Waals surface area (Å²) in [5.41, 5.74) is 5.20. The van der Waals surface area contributed by atoms with Gasteiger partial charge in [0.15, 0.2) is 0 Å². The smallest absolute Gasteiger partial charge is 0.282 e. The van der Waals surface area contributed by atoms with E-state index < -0.39 is 31.0 Å². The van der Waals surface area contributed by atoms with Gasteiger partial charge in [0.1, 0.15) is 0 Å². The maximum Gasteiger partial charge on any atom is 0.282 e. The number of nitrogens with two attached hydrogens (primary N) is 1. The van der Waals surface area contributed by atoms with Gasteiger partial charge < -0.3 is 10.6 Å². The topological polar surface area (TPSA) is 46.3 Å². The lowest BCUT2D eigenvalue weighted by Crippen LogP contribution is -2.61. The van der Waals surface area contributed by atoms with Gasteiger partial charge in [-0.2, -0.15) is 0 Å². The lowest BCUT2D eigenvalue weighted by molar-refractivity contribution is -0.166. The Balaban J connectivity index is 2.38. The molecular formula is C6H10F2N2O. The van der Waals surface area contributed by atoms with Gasteiger partial charge in [-0.05, 0) is 6.92 Å². The van der Waals surface area contributed by atoms with Crippen molar-refractivity contribution in [2.24, 2.45) is 5.73 Å². The molecule has 1 atom stereocenters. The Morgan fingerprint density at radius 1 is 1.64 bits per heavy atom. The summed E-state index contributed by atoms with van der Waals surface area (Å²) >= 11 is 0. The van der Waals surface area contributed by atoms with Crippen molar-refractivity contribution in [3.8, 4) is 0 Å². The predicted octanol–water partition coefficient (Wildman–Crippen LogP) is -0.189. The van der Waals surface area contributed by atoms with E-state index in [9.17, 15) is 13.6 Å². The van der Waals surface area contributed by atoms with Crippen LogP contribution in [0.25, 0.3) is 0 Å². The number of halogens is 2. The summed E-state index contributed by atoms with van der Waals surface area (Å²) < 4.78 is 24.4. The molecule has 0 unspecified atom stereocenters. The summed E-state index contributed by atoms with van der Waals surface area (Å²) in [6.07, 6.45) is 0. The Bertz CT molecular complexity index is 173. The Morgan fingerprint density at radius 2 is 2.09 bits per heavy atom. The molecule has 0 bridgehead atoms. The van der Waals surface area contributed by atoms with Crippen molar-refractivity contribution in [2.75, 3.05) is 13.1 Å². The molecule has 64 valence electrons. The van der Waals surface area contributed by atoms with Crippen molar-refractivity contribution < 1.29 is 13.6 Å². The first kappa shape index (κ1) is 8.39.